The van der Waals surface area contributed by atoms with E-state index in [4.69, 9.17) is 14.2 Å². The van der Waals surface area contributed by atoms with Crippen LogP contribution in [0.3, 0.4) is 0 Å². The summed E-state index contributed by atoms with van der Waals surface area (Å²) in [6.07, 6.45) is -1.08. The molecule has 2 rings (SSSR count). The molecule has 1 fully saturated rings. The Morgan fingerprint density at radius 3 is 2.71 bits per heavy atom. The second-order valence-corrected chi connectivity index (χ2v) is 4.63. The van der Waals surface area contributed by atoms with Gasteiger partial charge in [0.05, 0.1) is 14.2 Å². The van der Waals surface area contributed by atoms with Crippen molar-refractivity contribution in [3.05, 3.63) is 23.8 Å². The highest BCUT2D eigenvalue weighted by atomic mass is 16.6. The Morgan fingerprint density at radius 1 is 1.38 bits per heavy atom. The second kappa shape index (κ2) is 6.34. The van der Waals surface area contributed by atoms with E-state index < -0.39 is 18.2 Å². The molecule has 1 aliphatic rings. The first-order chi connectivity index (χ1) is 10.0. The maximum absolute atomic E-state index is 12.1. The Kier molecular flexibility index (Phi) is 4.52. The van der Waals surface area contributed by atoms with Crippen LogP contribution in [0.1, 0.15) is 12.5 Å². The van der Waals surface area contributed by atoms with Crippen LogP contribution in [-0.2, 0) is 16.1 Å². The standard InChI is InChI=1S/C14H18N2O5/c1-8-12(16-14(18)21-8)13(17)15-7-9-6-10(19-2)4-5-11(9)20-3/h4-6,8,12H,7H2,1-3H3,(H,15,17)(H,16,18)/t8-,12+/m1/s1. The van der Waals surface area contributed by atoms with Gasteiger partial charge in [0, 0.05) is 12.1 Å². The van der Waals surface area contributed by atoms with E-state index in [1.807, 2.05) is 0 Å². The van der Waals surface area contributed by atoms with Gasteiger partial charge in [0.1, 0.15) is 23.6 Å². The Balaban J connectivity index is 2.02. The van der Waals surface area contributed by atoms with Crippen molar-refractivity contribution in [1.82, 2.24) is 10.6 Å². The maximum Gasteiger partial charge on any atom is 0.408 e. The molecule has 0 unspecified atom stereocenters. The number of carbonyl (C=O) groups excluding carboxylic acids is 2. The number of methoxy groups -OCH3 is 2. The van der Waals surface area contributed by atoms with Crippen molar-refractivity contribution in [2.75, 3.05) is 14.2 Å². The quantitative estimate of drug-likeness (QED) is 0.839. The zero-order valence-electron chi connectivity index (χ0n) is 12.1. The van der Waals surface area contributed by atoms with Gasteiger partial charge in [0.15, 0.2) is 0 Å². The molecule has 1 aliphatic heterocycles. The van der Waals surface area contributed by atoms with Gasteiger partial charge in [-0.05, 0) is 25.1 Å². The Labute approximate surface area is 122 Å². The van der Waals surface area contributed by atoms with Crippen molar-refractivity contribution in [3.8, 4) is 11.5 Å². The fourth-order valence-corrected chi connectivity index (χ4v) is 2.11. The highest BCUT2D eigenvalue weighted by Crippen LogP contribution is 2.23. The predicted octanol–water partition coefficient (Wildman–Crippen LogP) is 0.817. The van der Waals surface area contributed by atoms with Crippen LogP contribution >= 0.6 is 0 Å². The average molecular weight is 294 g/mol. The van der Waals surface area contributed by atoms with E-state index in [9.17, 15) is 9.59 Å². The molecule has 0 bridgehead atoms. The molecule has 7 heteroatoms. The highest BCUT2D eigenvalue weighted by molar-refractivity contribution is 5.88. The van der Waals surface area contributed by atoms with Gasteiger partial charge >= 0.3 is 6.09 Å². The predicted molar refractivity (Wildman–Crippen MR) is 74.3 cm³/mol. The number of amides is 2. The summed E-state index contributed by atoms with van der Waals surface area (Å²) in [4.78, 5) is 23.1. The molecule has 0 aromatic heterocycles. The summed E-state index contributed by atoms with van der Waals surface area (Å²) in [5.41, 5.74) is 0.781. The molecule has 1 saturated heterocycles. The minimum Gasteiger partial charge on any atom is -0.497 e. The summed E-state index contributed by atoms with van der Waals surface area (Å²) in [6.45, 7) is 1.92. The van der Waals surface area contributed by atoms with Gasteiger partial charge in [-0.15, -0.1) is 0 Å². The van der Waals surface area contributed by atoms with Gasteiger partial charge in [0.25, 0.3) is 0 Å². The third kappa shape index (κ3) is 3.36. The summed E-state index contributed by atoms with van der Waals surface area (Å²) in [6, 6.07) is 4.64. The third-order valence-electron chi connectivity index (χ3n) is 3.26. The molecule has 0 spiro atoms. The number of benzene rings is 1. The SMILES string of the molecule is COc1ccc(OC)c(CNC(=O)[C@H]2NC(=O)O[C@@H]2C)c1. The van der Waals surface area contributed by atoms with Gasteiger partial charge in [-0.25, -0.2) is 4.79 Å². The fraction of sp³-hybridized carbons (Fsp3) is 0.429. The van der Waals surface area contributed by atoms with Crippen LogP contribution in [0.15, 0.2) is 18.2 Å². The number of cyclic esters (lactones) is 1. The van der Waals surface area contributed by atoms with Crippen molar-refractivity contribution >= 4 is 12.0 Å². The van der Waals surface area contributed by atoms with E-state index in [0.717, 1.165) is 5.56 Å². The summed E-state index contributed by atoms with van der Waals surface area (Å²) >= 11 is 0. The first-order valence-electron chi connectivity index (χ1n) is 6.51. The second-order valence-electron chi connectivity index (χ2n) is 4.63. The lowest BCUT2D eigenvalue weighted by atomic mass is 10.1. The number of ether oxygens (including phenoxy) is 3. The van der Waals surface area contributed by atoms with Crippen molar-refractivity contribution in [2.45, 2.75) is 25.6 Å². The lowest BCUT2D eigenvalue weighted by molar-refractivity contribution is -0.123. The average Bonchev–Trinajstić information content (AvgIpc) is 2.83. The molecule has 2 atom stereocenters. The van der Waals surface area contributed by atoms with Crippen molar-refractivity contribution in [3.63, 3.8) is 0 Å². The van der Waals surface area contributed by atoms with Gasteiger partial charge in [-0.1, -0.05) is 0 Å². The smallest absolute Gasteiger partial charge is 0.408 e. The Hall–Kier alpha value is -2.44. The normalized spacial score (nSPS) is 20.4. The Bertz CT molecular complexity index is 546. The minimum atomic E-state index is -0.686. The highest BCUT2D eigenvalue weighted by Gasteiger charge is 2.35. The van der Waals surface area contributed by atoms with E-state index in [2.05, 4.69) is 10.6 Å². The number of rotatable bonds is 5. The number of nitrogens with one attached hydrogen (secondary N) is 2. The number of hydrogen-bond donors (Lipinski definition) is 2. The minimum absolute atomic E-state index is 0.262. The van der Waals surface area contributed by atoms with Crippen LogP contribution in [0.4, 0.5) is 4.79 Å². The van der Waals surface area contributed by atoms with Crippen LogP contribution in [0, 0.1) is 0 Å². The van der Waals surface area contributed by atoms with E-state index in [1.165, 1.54) is 0 Å². The summed E-state index contributed by atoms with van der Waals surface area (Å²) in [5, 5.41) is 5.21. The molecule has 1 aromatic carbocycles. The molecule has 1 heterocycles. The van der Waals surface area contributed by atoms with Gasteiger partial charge < -0.3 is 24.8 Å². The molecular weight excluding hydrogens is 276 g/mol. The van der Waals surface area contributed by atoms with Crippen LogP contribution in [0.25, 0.3) is 0 Å². The van der Waals surface area contributed by atoms with Crippen LogP contribution < -0.4 is 20.1 Å². The third-order valence-corrected chi connectivity index (χ3v) is 3.26. The molecule has 0 aliphatic carbocycles. The lowest BCUT2D eigenvalue weighted by Crippen LogP contribution is -2.45. The summed E-state index contributed by atoms with van der Waals surface area (Å²) in [5.74, 6) is 1.01. The van der Waals surface area contributed by atoms with Gasteiger partial charge in [0.2, 0.25) is 5.91 Å². The number of hydrogen-bond acceptors (Lipinski definition) is 5. The molecule has 7 nitrogen and oxygen atoms in total. The largest absolute Gasteiger partial charge is 0.497 e. The molecule has 114 valence electrons. The van der Waals surface area contributed by atoms with Crippen molar-refractivity contribution in [1.29, 1.82) is 0 Å². The number of alkyl carbamates (subject to hydrolysis) is 1. The molecule has 1 aromatic rings. The van der Waals surface area contributed by atoms with E-state index >= 15 is 0 Å². The Morgan fingerprint density at radius 2 is 2.14 bits per heavy atom. The zero-order valence-corrected chi connectivity index (χ0v) is 12.1. The topological polar surface area (TPSA) is 85.9 Å². The van der Waals surface area contributed by atoms with Crippen molar-refractivity contribution < 1.29 is 23.8 Å². The van der Waals surface area contributed by atoms with Crippen LogP contribution in [0.5, 0.6) is 11.5 Å². The monoisotopic (exact) mass is 294 g/mol. The molecule has 21 heavy (non-hydrogen) atoms. The number of carbonyl (C=O) groups is 2. The lowest BCUT2D eigenvalue weighted by Gasteiger charge is -2.15. The van der Waals surface area contributed by atoms with E-state index in [1.54, 1.807) is 39.3 Å². The first-order valence-corrected chi connectivity index (χ1v) is 6.51. The maximum atomic E-state index is 12.1. The van der Waals surface area contributed by atoms with Gasteiger partial charge in [-0.3, -0.25) is 4.79 Å². The summed E-state index contributed by atoms with van der Waals surface area (Å²) < 4.78 is 15.3. The molecule has 0 saturated carbocycles. The molecule has 2 N–H and O–H groups in total. The molecule has 0 radical (unpaired) electrons. The molecule has 2 amide bonds. The fourth-order valence-electron chi connectivity index (χ4n) is 2.11. The van der Waals surface area contributed by atoms with Crippen molar-refractivity contribution in [2.24, 2.45) is 0 Å². The zero-order chi connectivity index (χ0) is 15.4. The van der Waals surface area contributed by atoms with E-state index in [0.29, 0.717) is 11.5 Å². The van der Waals surface area contributed by atoms with E-state index in [-0.39, 0.29) is 12.5 Å². The molecular formula is C14H18N2O5. The summed E-state index contributed by atoms with van der Waals surface area (Å²) in [7, 11) is 3.12. The van der Waals surface area contributed by atoms with Crippen LogP contribution in [-0.4, -0.2) is 38.4 Å². The van der Waals surface area contributed by atoms with Gasteiger partial charge in [-0.2, -0.15) is 0 Å². The first kappa shape index (κ1) is 15.0. The van der Waals surface area contributed by atoms with Crippen LogP contribution in [0.2, 0.25) is 0 Å².